The van der Waals surface area contributed by atoms with Crippen LogP contribution in [0.25, 0.3) is 0 Å². The Morgan fingerprint density at radius 3 is 2.72 bits per heavy atom. The highest BCUT2D eigenvalue weighted by Crippen LogP contribution is 2.29. The maximum absolute atomic E-state index is 12.5. The largest absolute Gasteiger partial charge is 0.416 e. The van der Waals surface area contributed by atoms with Gasteiger partial charge in [0.1, 0.15) is 0 Å². The van der Waals surface area contributed by atoms with Crippen LogP contribution in [0.1, 0.15) is 16.8 Å². The number of H-pyrrole nitrogens is 1. The summed E-state index contributed by atoms with van der Waals surface area (Å²) < 4.78 is 42.7. The second kappa shape index (κ2) is 5.22. The molecular formula is C12H11F3N2O. The van der Waals surface area contributed by atoms with E-state index in [1.165, 1.54) is 12.4 Å². The van der Waals surface area contributed by atoms with E-state index in [1.54, 1.807) is 12.3 Å². The number of imidazole rings is 1. The normalized spacial score (nSPS) is 11.7. The van der Waals surface area contributed by atoms with Crippen LogP contribution in [0.4, 0.5) is 13.2 Å². The zero-order valence-corrected chi connectivity index (χ0v) is 9.37. The van der Waals surface area contributed by atoms with E-state index >= 15 is 0 Å². The van der Waals surface area contributed by atoms with E-state index in [-0.39, 0.29) is 13.2 Å². The van der Waals surface area contributed by atoms with Crippen molar-refractivity contribution in [2.24, 2.45) is 0 Å². The van der Waals surface area contributed by atoms with Crippen molar-refractivity contribution in [3.05, 3.63) is 53.6 Å². The van der Waals surface area contributed by atoms with Gasteiger partial charge >= 0.3 is 6.18 Å². The Morgan fingerprint density at radius 1 is 1.22 bits per heavy atom. The van der Waals surface area contributed by atoms with Crippen molar-refractivity contribution in [3.63, 3.8) is 0 Å². The van der Waals surface area contributed by atoms with Gasteiger partial charge < -0.3 is 9.72 Å². The van der Waals surface area contributed by atoms with E-state index in [1.807, 2.05) is 0 Å². The summed E-state index contributed by atoms with van der Waals surface area (Å²) in [5.74, 6) is 0. The van der Waals surface area contributed by atoms with E-state index in [2.05, 4.69) is 9.97 Å². The second-order valence-electron chi connectivity index (χ2n) is 3.77. The Morgan fingerprint density at radius 2 is 2.06 bits per heavy atom. The van der Waals surface area contributed by atoms with Crippen LogP contribution in [0.15, 0.2) is 36.8 Å². The Kier molecular flexibility index (Phi) is 3.66. The molecule has 0 unspecified atom stereocenters. The summed E-state index contributed by atoms with van der Waals surface area (Å²) in [5, 5.41) is 0. The molecule has 96 valence electrons. The van der Waals surface area contributed by atoms with Gasteiger partial charge in [-0.05, 0) is 17.7 Å². The van der Waals surface area contributed by atoms with Crippen molar-refractivity contribution in [1.29, 1.82) is 0 Å². The lowest BCUT2D eigenvalue weighted by Gasteiger charge is -2.08. The summed E-state index contributed by atoms with van der Waals surface area (Å²) in [6.07, 6.45) is -1.20. The van der Waals surface area contributed by atoms with Gasteiger partial charge in [0.15, 0.2) is 0 Å². The van der Waals surface area contributed by atoms with Crippen molar-refractivity contribution in [1.82, 2.24) is 9.97 Å². The van der Waals surface area contributed by atoms with Gasteiger partial charge in [-0.25, -0.2) is 4.98 Å². The predicted octanol–water partition coefficient (Wildman–Crippen LogP) is 3.15. The van der Waals surface area contributed by atoms with Crippen LogP contribution < -0.4 is 0 Å². The molecule has 0 saturated heterocycles. The number of halogens is 3. The van der Waals surface area contributed by atoms with Crippen LogP contribution in [-0.4, -0.2) is 9.97 Å². The van der Waals surface area contributed by atoms with Crippen molar-refractivity contribution in [2.75, 3.05) is 0 Å². The van der Waals surface area contributed by atoms with Gasteiger partial charge in [0, 0.05) is 0 Å². The Labute approximate surface area is 102 Å². The second-order valence-corrected chi connectivity index (χ2v) is 3.77. The highest BCUT2D eigenvalue weighted by molar-refractivity contribution is 5.25. The van der Waals surface area contributed by atoms with Crippen LogP contribution in [-0.2, 0) is 24.1 Å². The number of hydrogen-bond donors (Lipinski definition) is 1. The SMILES string of the molecule is FC(F)(F)c1cccc(COCc2cnc[nH]2)c1. The van der Waals surface area contributed by atoms with E-state index in [9.17, 15) is 13.2 Å². The molecule has 0 spiro atoms. The third-order valence-electron chi connectivity index (χ3n) is 2.34. The van der Waals surface area contributed by atoms with Crippen LogP contribution in [0.2, 0.25) is 0 Å². The molecule has 0 aliphatic rings. The van der Waals surface area contributed by atoms with Crippen LogP contribution >= 0.6 is 0 Å². The molecule has 0 atom stereocenters. The molecular weight excluding hydrogens is 245 g/mol. The van der Waals surface area contributed by atoms with E-state index in [0.717, 1.165) is 17.8 Å². The smallest absolute Gasteiger partial charge is 0.371 e. The molecule has 6 heteroatoms. The molecule has 1 aromatic heterocycles. The highest BCUT2D eigenvalue weighted by atomic mass is 19.4. The number of alkyl halides is 3. The number of aromatic amines is 1. The van der Waals surface area contributed by atoms with Crippen molar-refractivity contribution >= 4 is 0 Å². The lowest BCUT2D eigenvalue weighted by atomic mass is 10.1. The van der Waals surface area contributed by atoms with Gasteiger partial charge in [-0.15, -0.1) is 0 Å². The fraction of sp³-hybridized carbons (Fsp3) is 0.250. The molecule has 1 heterocycles. The number of aromatic nitrogens is 2. The first kappa shape index (κ1) is 12.6. The summed E-state index contributed by atoms with van der Waals surface area (Å²) in [6, 6.07) is 5.10. The monoisotopic (exact) mass is 256 g/mol. The van der Waals surface area contributed by atoms with Crippen molar-refractivity contribution < 1.29 is 17.9 Å². The van der Waals surface area contributed by atoms with E-state index in [4.69, 9.17) is 4.74 Å². The number of hydrogen-bond acceptors (Lipinski definition) is 2. The minimum atomic E-state index is -4.32. The Hall–Kier alpha value is -1.82. The summed E-state index contributed by atoms with van der Waals surface area (Å²) in [5.41, 5.74) is 0.608. The average Bonchev–Trinajstić information content (AvgIpc) is 2.81. The van der Waals surface area contributed by atoms with E-state index in [0.29, 0.717) is 5.56 Å². The summed E-state index contributed by atoms with van der Waals surface area (Å²) in [4.78, 5) is 6.65. The molecule has 1 aromatic carbocycles. The van der Waals surface area contributed by atoms with Gasteiger partial charge in [0.25, 0.3) is 0 Å². The molecule has 2 rings (SSSR count). The molecule has 0 saturated carbocycles. The highest BCUT2D eigenvalue weighted by Gasteiger charge is 2.30. The fourth-order valence-electron chi connectivity index (χ4n) is 1.48. The minimum Gasteiger partial charge on any atom is -0.371 e. The fourth-order valence-corrected chi connectivity index (χ4v) is 1.48. The quantitative estimate of drug-likeness (QED) is 0.912. The topological polar surface area (TPSA) is 37.9 Å². The number of nitrogens with one attached hydrogen (secondary N) is 1. The van der Waals surface area contributed by atoms with Crippen molar-refractivity contribution in [2.45, 2.75) is 19.4 Å². The van der Waals surface area contributed by atoms with Gasteiger partial charge in [-0.1, -0.05) is 12.1 Å². The zero-order chi connectivity index (χ0) is 13.0. The third kappa shape index (κ3) is 3.33. The maximum Gasteiger partial charge on any atom is 0.416 e. The molecule has 0 radical (unpaired) electrons. The van der Waals surface area contributed by atoms with Crippen LogP contribution in [0.5, 0.6) is 0 Å². The number of ether oxygens (including phenoxy) is 1. The Balaban J connectivity index is 1.93. The lowest BCUT2D eigenvalue weighted by Crippen LogP contribution is -2.05. The molecule has 18 heavy (non-hydrogen) atoms. The molecule has 0 aliphatic carbocycles. The van der Waals surface area contributed by atoms with Crippen molar-refractivity contribution in [3.8, 4) is 0 Å². The molecule has 0 bridgehead atoms. The first-order valence-corrected chi connectivity index (χ1v) is 5.27. The van der Waals surface area contributed by atoms with Crippen LogP contribution in [0, 0.1) is 0 Å². The molecule has 0 aliphatic heterocycles. The predicted molar refractivity (Wildman–Crippen MR) is 58.5 cm³/mol. The molecule has 0 fully saturated rings. The van der Waals surface area contributed by atoms with Crippen LogP contribution in [0.3, 0.4) is 0 Å². The summed E-state index contributed by atoms with van der Waals surface area (Å²) >= 11 is 0. The van der Waals surface area contributed by atoms with E-state index < -0.39 is 11.7 Å². The number of rotatable bonds is 4. The first-order chi connectivity index (χ1) is 8.55. The third-order valence-corrected chi connectivity index (χ3v) is 2.34. The standard InChI is InChI=1S/C12H11F3N2O/c13-12(14,15)10-3-1-2-9(4-10)6-18-7-11-5-16-8-17-11/h1-5,8H,6-7H2,(H,16,17). The molecule has 3 nitrogen and oxygen atoms in total. The van der Waals surface area contributed by atoms with Gasteiger partial charge in [-0.3, -0.25) is 0 Å². The number of nitrogens with zero attached hydrogens (tertiary/aromatic N) is 1. The molecule has 2 aromatic rings. The Bertz CT molecular complexity index is 494. The molecule has 1 N–H and O–H groups in total. The number of benzene rings is 1. The lowest BCUT2D eigenvalue weighted by molar-refractivity contribution is -0.137. The van der Waals surface area contributed by atoms with Gasteiger partial charge in [0.2, 0.25) is 0 Å². The minimum absolute atomic E-state index is 0.128. The molecule has 0 amide bonds. The summed E-state index contributed by atoms with van der Waals surface area (Å²) in [6.45, 7) is 0.416. The average molecular weight is 256 g/mol. The first-order valence-electron chi connectivity index (χ1n) is 5.27. The maximum atomic E-state index is 12.5. The van der Waals surface area contributed by atoms with Gasteiger partial charge in [-0.2, -0.15) is 13.2 Å². The zero-order valence-electron chi connectivity index (χ0n) is 9.37. The van der Waals surface area contributed by atoms with Gasteiger partial charge in [0.05, 0.1) is 37.0 Å². The summed E-state index contributed by atoms with van der Waals surface area (Å²) in [7, 11) is 0.